The molecule has 0 aliphatic heterocycles. The van der Waals surface area contributed by atoms with Gasteiger partial charge in [0, 0.05) is 21.9 Å². The fourth-order valence-corrected chi connectivity index (χ4v) is 4.07. The lowest BCUT2D eigenvalue weighted by Crippen LogP contribution is -2.09. The maximum Gasteiger partial charge on any atom is 0.336 e. The fraction of sp³-hybridized carbons (Fsp3) is 0.167. The number of fused-ring (bicyclic) bond motifs is 3. The van der Waals surface area contributed by atoms with Gasteiger partial charge in [0.15, 0.2) is 0 Å². The summed E-state index contributed by atoms with van der Waals surface area (Å²) in [6.07, 6.45) is 0. The molecule has 0 saturated heterocycles. The SMILES string of the molecule is Cc1ccc(SCC(=O)OCc2cc(=O)oc3ccc4ccccc4c23)cc1C. The number of hydrogen-bond acceptors (Lipinski definition) is 5. The van der Waals surface area contributed by atoms with Crippen LogP contribution < -0.4 is 5.63 Å². The number of aryl methyl sites for hydroxylation is 2. The van der Waals surface area contributed by atoms with Gasteiger partial charge in [-0.1, -0.05) is 36.4 Å². The first-order valence-corrected chi connectivity index (χ1v) is 10.3. The number of esters is 1. The minimum absolute atomic E-state index is 0.0302. The Bertz CT molecular complexity index is 1270. The molecule has 0 N–H and O–H groups in total. The first kappa shape index (κ1) is 19.3. The number of carbonyl (C=O) groups excluding carboxylic acids is 1. The molecule has 146 valence electrons. The number of hydrogen-bond donors (Lipinski definition) is 0. The molecule has 0 radical (unpaired) electrons. The summed E-state index contributed by atoms with van der Waals surface area (Å²) in [7, 11) is 0. The Labute approximate surface area is 172 Å². The van der Waals surface area contributed by atoms with E-state index in [1.807, 2.05) is 49.4 Å². The first-order chi connectivity index (χ1) is 14.0. The maximum atomic E-state index is 12.3. The summed E-state index contributed by atoms with van der Waals surface area (Å²) in [6, 6.07) is 19.1. The molecule has 0 aliphatic carbocycles. The van der Waals surface area contributed by atoms with E-state index in [0.29, 0.717) is 11.1 Å². The molecule has 1 aromatic heterocycles. The van der Waals surface area contributed by atoms with E-state index in [9.17, 15) is 9.59 Å². The molecule has 0 saturated carbocycles. The van der Waals surface area contributed by atoms with Gasteiger partial charge in [-0.3, -0.25) is 4.79 Å². The van der Waals surface area contributed by atoms with Crippen LogP contribution in [0, 0.1) is 13.8 Å². The van der Waals surface area contributed by atoms with Crippen molar-refractivity contribution in [1.29, 1.82) is 0 Å². The molecule has 4 aromatic rings. The molecular formula is C24H20O4S. The Morgan fingerprint density at radius 1 is 1.00 bits per heavy atom. The summed E-state index contributed by atoms with van der Waals surface area (Å²) in [5.74, 6) is -0.113. The van der Waals surface area contributed by atoms with Gasteiger partial charge in [-0.25, -0.2) is 4.79 Å². The van der Waals surface area contributed by atoms with Crippen LogP contribution in [0.2, 0.25) is 0 Å². The van der Waals surface area contributed by atoms with Gasteiger partial charge >= 0.3 is 11.6 Å². The minimum Gasteiger partial charge on any atom is -0.460 e. The van der Waals surface area contributed by atoms with Crippen LogP contribution >= 0.6 is 11.8 Å². The molecule has 0 fully saturated rings. The van der Waals surface area contributed by atoms with Crippen molar-refractivity contribution in [2.45, 2.75) is 25.3 Å². The van der Waals surface area contributed by atoms with Gasteiger partial charge in [0.1, 0.15) is 12.2 Å². The molecule has 1 heterocycles. The van der Waals surface area contributed by atoms with Crippen LogP contribution in [0.15, 0.2) is 74.8 Å². The molecular weight excluding hydrogens is 384 g/mol. The van der Waals surface area contributed by atoms with Gasteiger partial charge in [0.2, 0.25) is 0 Å². The Morgan fingerprint density at radius 2 is 1.83 bits per heavy atom. The monoisotopic (exact) mass is 404 g/mol. The lowest BCUT2D eigenvalue weighted by molar-refractivity contribution is -0.141. The van der Waals surface area contributed by atoms with E-state index in [1.54, 1.807) is 6.07 Å². The highest BCUT2D eigenvalue weighted by atomic mass is 32.2. The van der Waals surface area contributed by atoms with Crippen molar-refractivity contribution in [1.82, 2.24) is 0 Å². The van der Waals surface area contributed by atoms with Crippen molar-refractivity contribution < 1.29 is 13.9 Å². The van der Waals surface area contributed by atoms with E-state index in [0.717, 1.165) is 21.1 Å². The lowest BCUT2D eigenvalue weighted by atomic mass is 10.0. The number of thioether (sulfide) groups is 1. The Balaban J connectivity index is 1.53. The third-order valence-corrected chi connectivity index (χ3v) is 5.91. The van der Waals surface area contributed by atoms with Crippen LogP contribution in [0.1, 0.15) is 16.7 Å². The topological polar surface area (TPSA) is 56.5 Å². The van der Waals surface area contributed by atoms with Gasteiger partial charge in [0.05, 0.1) is 5.75 Å². The third-order valence-electron chi connectivity index (χ3n) is 4.94. The van der Waals surface area contributed by atoms with Gasteiger partial charge < -0.3 is 9.15 Å². The quantitative estimate of drug-likeness (QED) is 0.193. The Kier molecular flexibility index (Phi) is 5.41. The van der Waals surface area contributed by atoms with Crippen LogP contribution in [-0.4, -0.2) is 11.7 Å². The first-order valence-electron chi connectivity index (χ1n) is 9.31. The summed E-state index contributed by atoms with van der Waals surface area (Å²) in [4.78, 5) is 25.3. The second-order valence-corrected chi connectivity index (χ2v) is 7.99. The molecule has 0 bridgehead atoms. The van der Waals surface area contributed by atoms with E-state index in [2.05, 4.69) is 13.0 Å². The Hall–Kier alpha value is -3.05. The minimum atomic E-state index is -0.455. The van der Waals surface area contributed by atoms with Gasteiger partial charge in [0.25, 0.3) is 0 Å². The molecule has 4 nitrogen and oxygen atoms in total. The van der Waals surface area contributed by atoms with Crippen molar-refractivity contribution in [3.8, 4) is 0 Å². The molecule has 3 aromatic carbocycles. The van der Waals surface area contributed by atoms with Crippen LogP contribution in [0.25, 0.3) is 21.7 Å². The molecule has 29 heavy (non-hydrogen) atoms. The highest BCUT2D eigenvalue weighted by Crippen LogP contribution is 2.28. The third kappa shape index (κ3) is 4.20. The zero-order valence-corrected chi connectivity index (χ0v) is 17.0. The van der Waals surface area contributed by atoms with Crippen LogP contribution in [0.3, 0.4) is 0 Å². The lowest BCUT2D eigenvalue weighted by Gasteiger charge is -2.10. The van der Waals surface area contributed by atoms with Crippen LogP contribution in [0.5, 0.6) is 0 Å². The second kappa shape index (κ2) is 8.13. The molecule has 4 rings (SSSR count). The highest BCUT2D eigenvalue weighted by Gasteiger charge is 2.12. The van der Waals surface area contributed by atoms with E-state index in [1.165, 1.54) is 29.0 Å². The predicted molar refractivity (Wildman–Crippen MR) is 116 cm³/mol. The van der Waals surface area contributed by atoms with E-state index < -0.39 is 5.63 Å². The smallest absolute Gasteiger partial charge is 0.336 e. The van der Waals surface area contributed by atoms with Crippen molar-refractivity contribution in [2.24, 2.45) is 0 Å². The summed E-state index contributed by atoms with van der Waals surface area (Å²) in [5.41, 5.74) is 3.10. The second-order valence-electron chi connectivity index (χ2n) is 6.95. The molecule has 0 spiro atoms. The molecule has 0 atom stereocenters. The molecule has 0 aliphatic rings. The van der Waals surface area contributed by atoms with Crippen LogP contribution in [-0.2, 0) is 16.1 Å². The number of carbonyl (C=O) groups is 1. The fourth-order valence-electron chi connectivity index (χ4n) is 3.28. The standard InChI is InChI=1S/C24H20O4S/c1-15-7-9-19(11-16(15)2)29-14-23(26)27-13-18-12-22(25)28-21-10-8-17-5-3-4-6-20(17)24(18)21/h3-12H,13-14H2,1-2H3. The van der Waals surface area contributed by atoms with Gasteiger partial charge in [-0.05, 0) is 53.9 Å². The summed E-state index contributed by atoms with van der Waals surface area (Å²) < 4.78 is 10.8. The number of ether oxygens (including phenoxy) is 1. The van der Waals surface area contributed by atoms with E-state index >= 15 is 0 Å². The number of rotatable bonds is 5. The summed E-state index contributed by atoms with van der Waals surface area (Å²) >= 11 is 1.44. The predicted octanol–water partition coefficient (Wildman–Crippen LogP) is 5.40. The molecule has 0 unspecified atom stereocenters. The number of benzene rings is 3. The molecule has 5 heteroatoms. The largest absolute Gasteiger partial charge is 0.460 e. The van der Waals surface area contributed by atoms with Crippen LogP contribution in [0.4, 0.5) is 0 Å². The average molecular weight is 404 g/mol. The van der Waals surface area contributed by atoms with Crippen molar-refractivity contribution in [3.63, 3.8) is 0 Å². The van der Waals surface area contributed by atoms with E-state index in [-0.39, 0.29) is 18.3 Å². The van der Waals surface area contributed by atoms with Crippen molar-refractivity contribution >= 4 is 39.5 Å². The van der Waals surface area contributed by atoms with Gasteiger partial charge in [-0.15, -0.1) is 11.8 Å². The van der Waals surface area contributed by atoms with E-state index in [4.69, 9.17) is 9.15 Å². The van der Waals surface area contributed by atoms with Gasteiger partial charge in [-0.2, -0.15) is 0 Å². The zero-order valence-electron chi connectivity index (χ0n) is 16.2. The zero-order chi connectivity index (χ0) is 20.4. The summed E-state index contributed by atoms with van der Waals surface area (Å²) in [5, 5.41) is 2.80. The maximum absolute atomic E-state index is 12.3. The van der Waals surface area contributed by atoms with Crippen molar-refractivity contribution in [3.05, 3.63) is 87.8 Å². The normalized spacial score (nSPS) is 11.1. The summed E-state index contributed by atoms with van der Waals surface area (Å²) in [6.45, 7) is 4.14. The Morgan fingerprint density at radius 3 is 2.66 bits per heavy atom. The highest BCUT2D eigenvalue weighted by molar-refractivity contribution is 8.00. The molecule has 0 amide bonds. The average Bonchev–Trinajstić information content (AvgIpc) is 2.72. The van der Waals surface area contributed by atoms with Crippen molar-refractivity contribution in [2.75, 3.05) is 5.75 Å².